The molecule has 2 N–H and O–H groups in total. The van der Waals surface area contributed by atoms with E-state index in [1.54, 1.807) is 0 Å². The lowest BCUT2D eigenvalue weighted by Gasteiger charge is -2.40. The summed E-state index contributed by atoms with van der Waals surface area (Å²) >= 11 is 0. The maximum Gasteiger partial charge on any atom is 0.322 e. The second-order valence-electron chi connectivity index (χ2n) is 9.12. The number of aromatic amines is 1. The van der Waals surface area contributed by atoms with E-state index in [9.17, 15) is 13.6 Å². The van der Waals surface area contributed by atoms with Crippen molar-refractivity contribution < 1.29 is 13.6 Å². The predicted octanol–water partition coefficient (Wildman–Crippen LogP) is 4.27. The summed E-state index contributed by atoms with van der Waals surface area (Å²) in [4.78, 5) is 14.2. The van der Waals surface area contributed by atoms with Crippen LogP contribution in [0, 0.1) is 5.92 Å². The van der Waals surface area contributed by atoms with Crippen LogP contribution >= 0.6 is 0 Å². The van der Waals surface area contributed by atoms with Crippen LogP contribution in [-0.2, 0) is 6.54 Å². The molecule has 31 heavy (non-hydrogen) atoms. The van der Waals surface area contributed by atoms with Crippen molar-refractivity contribution in [2.75, 3.05) is 11.9 Å². The second-order valence-corrected chi connectivity index (χ2v) is 9.12. The fourth-order valence-electron chi connectivity index (χ4n) is 4.39. The highest BCUT2D eigenvalue weighted by Gasteiger charge is 2.57. The summed E-state index contributed by atoms with van der Waals surface area (Å²) in [5.41, 5.74) is 2.69. The Kier molecular flexibility index (Phi) is 4.49. The smallest absolute Gasteiger partial charge is 0.322 e. The normalized spacial score (nSPS) is 19.3. The average Bonchev–Trinajstić information content (AvgIpc) is 3.17. The first kappa shape index (κ1) is 19.9. The lowest BCUT2D eigenvalue weighted by Crippen LogP contribution is -2.54. The molecule has 0 aromatic carbocycles. The monoisotopic (exact) mass is 429 g/mol. The molecule has 164 valence electrons. The molecule has 0 atom stereocenters. The van der Waals surface area contributed by atoms with E-state index in [1.165, 1.54) is 11.1 Å². The first-order chi connectivity index (χ1) is 14.8. The molecule has 0 bridgehead atoms. The predicted molar refractivity (Wildman–Crippen MR) is 112 cm³/mol. The van der Waals surface area contributed by atoms with Crippen LogP contribution in [0.15, 0.2) is 24.5 Å². The van der Waals surface area contributed by atoms with Crippen molar-refractivity contribution >= 4 is 22.8 Å². The summed E-state index contributed by atoms with van der Waals surface area (Å²) in [6, 6.07) is 3.28. The van der Waals surface area contributed by atoms with Gasteiger partial charge in [0.15, 0.2) is 0 Å². The van der Waals surface area contributed by atoms with Gasteiger partial charge < -0.3 is 14.8 Å². The number of likely N-dealkylation sites (tertiary alicyclic amines) is 1. The number of nitrogens with zero attached hydrogens (tertiary/aromatic N) is 5. The number of halogens is 2. The summed E-state index contributed by atoms with van der Waals surface area (Å²) in [7, 11) is 0. The molecule has 1 aliphatic carbocycles. The van der Waals surface area contributed by atoms with Gasteiger partial charge in [-0.1, -0.05) is 13.8 Å². The molecule has 0 radical (unpaired) electrons. The number of rotatable bonds is 4. The van der Waals surface area contributed by atoms with Gasteiger partial charge in [-0.3, -0.25) is 5.10 Å². The van der Waals surface area contributed by atoms with E-state index in [1.807, 2.05) is 18.3 Å². The molecule has 5 rings (SSSR count). The third-order valence-corrected chi connectivity index (χ3v) is 6.21. The van der Waals surface area contributed by atoms with Gasteiger partial charge in [0, 0.05) is 24.7 Å². The van der Waals surface area contributed by atoms with Gasteiger partial charge in [-0.15, -0.1) is 10.2 Å². The van der Waals surface area contributed by atoms with Crippen molar-refractivity contribution in [3.63, 3.8) is 0 Å². The Bertz CT molecular complexity index is 1130. The molecule has 8 nitrogen and oxygen atoms in total. The fraction of sp³-hybridized carbons (Fsp3) is 0.524. The molecule has 4 heterocycles. The minimum atomic E-state index is -2.86. The number of fused-ring (bicyclic) bond motifs is 1. The Morgan fingerprint density at radius 3 is 2.77 bits per heavy atom. The highest BCUT2D eigenvalue weighted by atomic mass is 19.3. The van der Waals surface area contributed by atoms with E-state index in [0.717, 1.165) is 30.4 Å². The molecule has 2 aliphatic rings. The largest absolute Gasteiger partial charge is 0.346 e. The molecule has 1 saturated carbocycles. The Labute approximate surface area is 178 Å². The van der Waals surface area contributed by atoms with Gasteiger partial charge in [0.2, 0.25) is 0 Å². The summed E-state index contributed by atoms with van der Waals surface area (Å²) in [6.07, 6.45) is 5.14. The van der Waals surface area contributed by atoms with E-state index in [4.69, 9.17) is 0 Å². The van der Waals surface area contributed by atoms with Crippen LogP contribution in [0.3, 0.4) is 0 Å². The van der Waals surface area contributed by atoms with Gasteiger partial charge in [0.05, 0.1) is 23.9 Å². The second kappa shape index (κ2) is 7.00. The molecule has 1 saturated heterocycles. The van der Waals surface area contributed by atoms with E-state index in [-0.39, 0.29) is 6.42 Å². The van der Waals surface area contributed by atoms with Gasteiger partial charge in [-0.05, 0) is 37.3 Å². The number of nitrogens with one attached hydrogen (secondary N) is 2. The van der Waals surface area contributed by atoms with Crippen molar-refractivity contribution in [2.45, 2.75) is 57.5 Å². The standard InChI is InChI=1S/C21H25F2N7O/c1-13(2)11-29-8-3-14-17(29)9-15(27-26-14)18-16(10-24-28-18)25-19(31)30-12-21(22,23)7-6-20(30)4-5-20/h3,8-10,13H,4-7,11-12H2,1-2H3,(H,24,28)(H,25,31). The molecule has 1 aliphatic heterocycles. The zero-order chi connectivity index (χ0) is 21.8. The van der Waals surface area contributed by atoms with Crippen LogP contribution in [0.5, 0.6) is 0 Å². The number of carbonyl (C=O) groups excluding carboxylic acids is 1. The van der Waals surface area contributed by atoms with Gasteiger partial charge in [-0.25, -0.2) is 13.6 Å². The number of hydrogen-bond donors (Lipinski definition) is 2. The van der Waals surface area contributed by atoms with Crippen LogP contribution in [0.25, 0.3) is 22.4 Å². The fourth-order valence-corrected chi connectivity index (χ4v) is 4.39. The Hall–Kier alpha value is -3.04. The van der Waals surface area contributed by atoms with Crippen molar-refractivity contribution in [1.29, 1.82) is 0 Å². The average molecular weight is 429 g/mol. The van der Waals surface area contributed by atoms with Crippen molar-refractivity contribution in [1.82, 2.24) is 29.9 Å². The van der Waals surface area contributed by atoms with Crippen LogP contribution in [-0.4, -0.2) is 53.9 Å². The lowest BCUT2D eigenvalue weighted by atomic mass is 9.97. The van der Waals surface area contributed by atoms with Gasteiger partial charge in [-0.2, -0.15) is 5.10 Å². The topological polar surface area (TPSA) is 91.7 Å². The summed E-state index contributed by atoms with van der Waals surface area (Å²) < 4.78 is 30.1. The van der Waals surface area contributed by atoms with Crippen LogP contribution in [0.2, 0.25) is 0 Å². The van der Waals surface area contributed by atoms with Gasteiger partial charge in [0.1, 0.15) is 16.9 Å². The van der Waals surface area contributed by atoms with Crippen LogP contribution in [0.4, 0.5) is 19.3 Å². The number of H-pyrrole nitrogens is 1. The summed E-state index contributed by atoms with van der Waals surface area (Å²) in [6.45, 7) is 4.56. The minimum Gasteiger partial charge on any atom is -0.346 e. The Morgan fingerprint density at radius 2 is 2.03 bits per heavy atom. The highest BCUT2D eigenvalue weighted by molar-refractivity contribution is 5.94. The maximum absolute atomic E-state index is 14.0. The molecular formula is C21H25F2N7O. The molecule has 1 spiro atoms. The lowest BCUT2D eigenvalue weighted by molar-refractivity contribution is -0.0721. The number of carbonyl (C=O) groups is 1. The molecule has 3 aromatic rings. The number of anilines is 1. The quantitative estimate of drug-likeness (QED) is 0.648. The van der Waals surface area contributed by atoms with E-state index < -0.39 is 24.0 Å². The molecule has 2 fully saturated rings. The van der Waals surface area contributed by atoms with Gasteiger partial charge >= 0.3 is 6.03 Å². The van der Waals surface area contributed by atoms with E-state index in [2.05, 4.69) is 44.1 Å². The molecule has 2 amide bonds. The SMILES string of the molecule is CC(C)Cn1ccc2nnc(-c3[nH]ncc3NC(=O)N3CC(F)(F)CCC34CC4)cc21. The zero-order valence-corrected chi connectivity index (χ0v) is 17.5. The molecule has 3 aromatic heterocycles. The Morgan fingerprint density at radius 1 is 1.26 bits per heavy atom. The Balaban J connectivity index is 1.42. The van der Waals surface area contributed by atoms with Crippen molar-refractivity contribution in [3.05, 3.63) is 24.5 Å². The first-order valence-corrected chi connectivity index (χ1v) is 10.6. The van der Waals surface area contributed by atoms with Crippen LogP contribution in [0.1, 0.15) is 39.5 Å². The molecular weight excluding hydrogens is 404 g/mol. The zero-order valence-electron chi connectivity index (χ0n) is 17.5. The summed E-state index contributed by atoms with van der Waals surface area (Å²) in [5.74, 6) is -2.39. The van der Waals surface area contributed by atoms with Crippen LogP contribution < -0.4 is 5.32 Å². The first-order valence-electron chi connectivity index (χ1n) is 10.6. The van der Waals surface area contributed by atoms with Crippen molar-refractivity contribution in [2.24, 2.45) is 5.92 Å². The van der Waals surface area contributed by atoms with E-state index >= 15 is 0 Å². The number of amides is 2. The summed E-state index contributed by atoms with van der Waals surface area (Å²) in [5, 5.41) is 18.2. The maximum atomic E-state index is 14.0. The minimum absolute atomic E-state index is 0.167. The third kappa shape index (κ3) is 3.64. The number of alkyl halides is 2. The number of piperidine rings is 1. The number of urea groups is 1. The molecule has 0 unspecified atom stereocenters. The van der Waals surface area contributed by atoms with E-state index in [0.29, 0.717) is 29.4 Å². The van der Waals surface area contributed by atoms with Crippen molar-refractivity contribution in [3.8, 4) is 11.4 Å². The third-order valence-electron chi connectivity index (χ3n) is 6.21. The van der Waals surface area contributed by atoms with Gasteiger partial charge in [0.25, 0.3) is 5.92 Å². The number of aromatic nitrogens is 5. The molecule has 10 heteroatoms. The number of hydrogen-bond acceptors (Lipinski definition) is 4. The highest BCUT2D eigenvalue weighted by Crippen LogP contribution is 2.51.